The molecule has 0 radical (unpaired) electrons. The van der Waals surface area contributed by atoms with E-state index < -0.39 is 40.8 Å². The Labute approximate surface area is 172 Å². The van der Waals surface area contributed by atoms with Crippen molar-refractivity contribution in [1.29, 1.82) is 0 Å². The zero-order valence-electron chi connectivity index (χ0n) is 14.1. The lowest BCUT2D eigenvalue weighted by Crippen LogP contribution is -2.26. The molecule has 2 heterocycles. The molecule has 3 rings (SSSR count). The molecular formula is C17H10BrF6N3OS. The number of carbonyl (C=O) groups excluding carboxylic acids is 1. The van der Waals surface area contributed by atoms with Crippen molar-refractivity contribution in [2.24, 2.45) is 0 Å². The highest BCUT2D eigenvalue weighted by molar-refractivity contribution is 9.11. The number of rotatable bonds is 4. The molecule has 2 aromatic heterocycles. The predicted molar refractivity (Wildman–Crippen MR) is 96.8 cm³/mol. The maximum atomic E-state index is 13.6. The highest BCUT2D eigenvalue weighted by atomic mass is 79.9. The maximum absolute atomic E-state index is 13.6. The van der Waals surface area contributed by atoms with Gasteiger partial charge >= 0.3 is 12.4 Å². The second kappa shape index (κ2) is 7.82. The fraction of sp³-hybridized carbons (Fsp3) is 0.176. The Morgan fingerprint density at radius 2 is 1.83 bits per heavy atom. The summed E-state index contributed by atoms with van der Waals surface area (Å²) in [4.78, 5) is 13.0. The van der Waals surface area contributed by atoms with Crippen molar-refractivity contribution in [2.45, 2.75) is 18.9 Å². The number of nitrogens with one attached hydrogen (secondary N) is 1. The molecule has 0 unspecified atom stereocenters. The van der Waals surface area contributed by atoms with E-state index in [2.05, 4.69) is 26.3 Å². The molecule has 0 atom stereocenters. The van der Waals surface area contributed by atoms with E-state index in [-0.39, 0.29) is 11.2 Å². The Kier molecular flexibility index (Phi) is 5.77. The van der Waals surface area contributed by atoms with E-state index in [1.807, 2.05) is 0 Å². The van der Waals surface area contributed by atoms with Gasteiger partial charge < -0.3 is 5.32 Å². The summed E-state index contributed by atoms with van der Waals surface area (Å²) in [7, 11) is 0. The summed E-state index contributed by atoms with van der Waals surface area (Å²) >= 11 is 4.53. The molecule has 0 aliphatic carbocycles. The minimum atomic E-state index is -5.02. The third-order valence-electron chi connectivity index (χ3n) is 3.75. The average molecular weight is 498 g/mol. The Bertz CT molecular complexity index is 1040. The monoisotopic (exact) mass is 497 g/mol. The predicted octanol–water partition coefficient (Wildman–Crippen LogP) is 5.66. The van der Waals surface area contributed by atoms with Crippen LogP contribution < -0.4 is 5.32 Å². The molecule has 0 aliphatic rings. The Morgan fingerprint density at radius 1 is 1.10 bits per heavy atom. The molecule has 0 bridgehead atoms. The smallest absolute Gasteiger partial charge is 0.347 e. The van der Waals surface area contributed by atoms with Gasteiger partial charge in [-0.25, -0.2) is 4.68 Å². The molecule has 12 heteroatoms. The Hall–Kier alpha value is -2.34. The zero-order valence-corrected chi connectivity index (χ0v) is 16.5. The van der Waals surface area contributed by atoms with Crippen molar-refractivity contribution in [3.05, 3.63) is 68.1 Å². The molecule has 1 N–H and O–H groups in total. The average Bonchev–Trinajstić information content (AvgIpc) is 3.25. The van der Waals surface area contributed by atoms with Gasteiger partial charge in [-0.15, -0.1) is 11.3 Å². The molecule has 0 spiro atoms. The lowest BCUT2D eigenvalue weighted by Gasteiger charge is -2.14. The van der Waals surface area contributed by atoms with Crippen LogP contribution in [0.2, 0.25) is 0 Å². The van der Waals surface area contributed by atoms with Gasteiger partial charge in [0.15, 0.2) is 5.69 Å². The minimum Gasteiger partial charge on any atom is -0.347 e. The van der Waals surface area contributed by atoms with E-state index in [4.69, 9.17) is 0 Å². The van der Waals surface area contributed by atoms with Gasteiger partial charge in [0.2, 0.25) is 0 Å². The van der Waals surface area contributed by atoms with Crippen molar-refractivity contribution < 1.29 is 31.1 Å². The first-order valence-electron chi connectivity index (χ1n) is 7.82. The second-order valence-electron chi connectivity index (χ2n) is 5.75. The van der Waals surface area contributed by atoms with E-state index in [0.29, 0.717) is 17.1 Å². The van der Waals surface area contributed by atoms with Crippen molar-refractivity contribution in [3.8, 4) is 5.69 Å². The molecule has 4 nitrogen and oxygen atoms in total. The number of aromatic nitrogens is 2. The minimum absolute atomic E-state index is 0.0128. The highest BCUT2D eigenvalue weighted by Gasteiger charge is 2.41. The van der Waals surface area contributed by atoms with Crippen molar-refractivity contribution in [2.75, 3.05) is 0 Å². The van der Waals surface area contributed by atoms with Crippen LogP contribution in [0.1, 0.15) is 26.5 Å². The number of carbonyl (C=O) groups is 1. The van der Waals surface area contributed by atoms with Crippen LogP contribution in [0.15, 0.2) is 46.4 Å². The van der Waals surface area contributed by atoms with Crippen molar-refractivity contribution >= 4 is 33.2 Å². The van der Waals surface area contributed by atoms with Gasteiger partial charge in [-0.2, -0.15) is 31.4 Å². The number of hydrogen-bond donors (Lipinski definition) is 1. The molecule has 0 fully saturated rings. The second-order valence-corrected chi connectivity index (χ2v) is 8.30. The fourth-order valence-corrected chi connectivity index (χ4v) is 3.93. The van der Waals surface area contributed by atoms with E-state index >= 15 is 0 Å². The van der Waals surface area contributed by atoms with Crippen molar-refractivity contribution in [1.82, 2.24) is 15.1 Å². The first-order valence-corrected chi connectivity index (χ1v) is 9.43. The number of benzene rings is 1. The quantitative estimate of drug-likeness (QED) is 0.472. The van der Waals surface area contributed by atoms with Gasteiger partial charge in [0.1, 0.15) is 0 Å². The lowest BCUT2D eigenvalue weighted by atomic mass is 10.1. The lowest BCUT2D eigenvalue weighted by molar-refractivity contribution is -0.143. The van der Waals surface area contributed by atoms with Crippen molar-refractivity contribution in [3.63, 3.8) is 0 Å². The summed E-state index contributed by atoms with van der Waals surface area (Å²) < 4.78 is 80.6. The molecule has 0 saturated carbocycles. The number of amides is 1. The number of halogens is 7. The number of hydrogen-bond acceptors (Lipinski definition) is 3. The fourth-order valence-electron chi connectivity index (χ4n) is 2.51. The van der Waals surface area contributed by atoms with Crippen LogP contribution in [0, 0.1) is 0 Å². The molecule has 1 amide bonds. The van der Waals surface area contributed by atoms with Crippen LogP contribution in [0.4, 0.5) is 26.3 Å². The molecule has 154 valence electrons. The molecule has 0 aliphatic heterocycles. The number of thiophene rings is 1. The van der Waals surface area contributed by atoms with Crippen LogP contribution in [-0.4, -0.2) is 15.7 Å². The normalized spacial score (nSPS) is 12.2. The number of alkyl halides is 6. The van der Waals surface area contributed by atoms with Gasteiger partial charge in [0, 0.05) is 4.88 Å². The first-order chi connectivity index (χ1) is 13.5. The van der Waals surface area contributed by atoms with Gasteiger partial charge in [0.25, 0.3) is 5.91 Å². The van der Waals surface area contributed by atoms with Gasteiger partial charge in [0.05, 0.1) is 33.3 Å². The summed E-state index contributed by atoms with van der Waals surface area (Å²) in [5, 5.41) is 5.88. The molecule has 0 saturated heterocycles. The van der Waals surface area contributed by atoms with E-state index in [1.54, 1.807) is 12.1 Å². The standard InChI is InChI=1S/C17H10BrF6N3OS/c18-13-5-4-11(29-13)7-25-15(28)12-8-26-27(14(12)17(22,23)24)10-3-1-2-9(6-10)16(19,20)21/h1-6,8H,7H2,(H,25,28). The first kappa shape index (κ1) is 21.4. The maximum Gasteiger partial charge on any atom is 0.434 e. The third kappa shape index (κ3) is 4.81. The molecule has 1 aromatic carbocycles. The summed E-state index contributed by atoms with van der Waals surface area (Å²) in [6, 6.07) is 6.68. The summed E-state index contributed by atoms with van der Waals surface area (Å²) in [5.74, 6) is -1.04. The Balaban J connectivity index is 1.96. The largest absolute Gasteiger partial charge is 0.434 e. The Morgan fingerprint density at radius 3 is 2.41 bits per heavy atom. The topological polar surface area (TPSA) is 46.9 Å². The molecule has 29 heavy (non-hydrogen) atoms. The third-order valence-corrected chi connectivity index (χ3v) is 5.38. The molecular weight excluding hydrogens is 488 g/mol. The van der Waals surface area contributed by atoms with Gasteiger partial charge in [-0.1, -0.05) is 6.07 Å². The van der Waals surface area contributed by atoms with Gasteiger partial charge in [-0.3, -0.25) is 4.79 Å². The van der Waals surface area contributed by atoms with Crippen LogP contribution in [0.5, 0.6) is 0 Å². The van der Waals surface area contributed by atoms with Crippen LogP contribution in [0.3, 0.4) is 0 Å². The summed E-state index contributed by atoms with van der Waals surface area (Å²) in [6.45, 7) is -0.0128. The van der Waals surface area contributed by atoms with E-state index in [9.17, 15) is 31.1 Å². The van der Waals surface area contributed by atoms with Gasteiger partial charge in [-0.05, 0) is 46.3 Å². The van der Waals surface area contributed by atoms with Crippen LogP contribution >= 0.6 is 27.3 Å². The summed E-state index contributed by atoms with van der Waals surface area (Å²) in [6.07, 6.45) is -9.08. The number of nitrogens with zero attached hydrogens (tertiary/aromatic N) is 2. The molecule has 3 aromatic rings. The zero-order chi connectivity index (χ0) is 21.4. The van der Waals surface area contributed by atoms with Crippen LogP contribution in [-0.2, 0) is 18.9 Å². The van der Waals surface area contributed by atoms with E-state index in [1.165, 1.54) is 11.3 Å². The van der Waals surface area contributed by atoms with Crippen LogP contribution in [0.25, 0.3) is 5.69 Å². The SMILES string of the molecule is O=C(NCc1ccc(Br)s1)c1cnn(-c2cccc(C(F)(F)F)c2)c1C(F)(F)F. The van der Waals surface area contributed by atoms with E-state index in [0.717, 1.165) is 22.0 Å². The highest BCUT2D eigenvalue weighted by Crippen LogP contribution is 2.35. The summed E-state index contributed by atoms with van der Waals surface area (Å²) in [5.41, 5.74) is -3.84.